The average molecular weight is 403 g/mol. The minimum absolute atomic E-state index is 0.0182. The highest BCUT2D eigenvalue weighted by Crippen LogP contribution is 2.25. The largest absolute Gasteiger partial charge is 0.494 e. The maximum absolute atomic E-state index is 12.8. The summed E-state index contributed by atoms with van der Waals surface area (Å²) in [6.07, 6.45) is 2.04. The van der Waals surface area contributed by atoms with Crippen molar-refractivity contribution in [2.45, 2.75) is 31.2 Å². The van der Waals surface area contributed by atoms with E-state index in [4.69, 9.17) is 4.74 Å². The van der Waals surface area contributed by atoms with Gasteiger partial charge in [0.25, 0.3) is 5.91 Å². The number of ether oxygens (including phenoxy) is 1. The van der Waals surface area contributed by atoms with E-state index in [0.29, 0.717) is 23.5 Å². The van der Waals surface area contributed by atoms with Crippen LogP contribution >= 0.6 is 0 Å². The molecule has 0 aliphatic carbocycles. The molecule has 1 saturated heterocycles. The normalized spacial score (nSPS) is 14.5. The van der Waals surface area contributed by atoms with Gasteiger partial charge in [-0.05, 0) is 50.1 Å². The van der Waals surface area contributed by atoms with E-state index in [1.165, 1.54) is 11.4 Å². The first kappa shape index (κ1) is 20.4. The number of hydrogen-bond donors (Lipinski definition) is 0. The quantitative estimate of drug-likeness (QED) is 0.714. The summed E-state index contributed by atoms with van der Waals surface area (Å²) in [6.45, 7) is 3.99. The Labute approximate surface area is 166 Å². The molecule has 2 aromatic carbocycles. The van der Waals surface area contributed by atoms with Gasteiger partial charge in [-0.3, -0.25) is 4.79 Å². The van der Waals surface area contributed by atoms with Crippen LogP contribution < -0.4 is 4.74 Å². The molecule has 1 aliphatic rings. The second-order valence-corrected chi connectivity index (χ2v) is 8.87. The predicted molar refractivity (Wildman–Crippen MR) is 108 cm³/mol. The molecular formula is C21H26N2O4S. The molecule has 0 radical (unpaired) electrons. The van der Waals surface area contributed by atoms with Gasteiger partial charge in [0.1, 0.15) is 5.75 Å². The Balaban J connectivity index is 1.88. The smallest absolute Gasteiger partial charge is 0.253 e. The molecule has 1 heterocycles. The predicted octanol–water partition coefficient (Wildman–Crippen LogP) is 3.14. The standard InChI is InChI=1S/C21H26N2O4S/c1-3-27-20-12-11-17(21(24)23-13-7-8-14-23)15-18(20)16-22(2)28(25,26)19-9-5-4-6-10-19/h4-6,9-12,15H,3,7-8,13-14,16H2,1-2H3. The van der Waals surface area contributed by atoms with Crippen LogP contribution in [0.4, 0.5) is 0 Å². The zero-order valence-electron chi connectivity index (χ0n) is 16.3. The summed E-state index contributed by atoms with van der Waals surface area (Å²) in [6, 6.07) is 13.6. The molecule has 1 aliphatic heterocycles. The van der Waals surface area contributed by atoms with Crippen molar-refractivity contribution in [2.75, 3.05) is 26.7 Å². The second-order valence-electron chi connectivity index (χ2n) is 6.83. The molecule has 0 bridgehead atoms. The van der Waals surface area contributed by atoms with Crippen LogP contribution in [-0.4, -0.2) is 50.3 Å². The first-order valence-electron chi connectivity index (χ1n) is 9.50. The minimum Gasteiger partial charge on any atom is -0.494 e. The molecular weight excluding hydrogens is 376 g/mol. The van der Waals surface area contributed by atoms with E-state index >= 15 is 0 Å². The van der Waals surface area contributed by atoms with Crippen molar-refractivity contribution in [2.24, 2.45) is 0 Å². The molecule has 1 amide bonds. The Morgan fingerprint density at radius 2 is 1.79 bits per heavy atom. The maximum atomic E-state index is 12.8. The van der Waals surface area contributed by atoms with Gasteiger partial charge < -0.3 is 9.64 Å². The van der Waals surface area contributed by atoms with Gasteiger partial charge in [-0.15, -0.1) is 0 Å². The molecule has 0 spiro atoms. The third-order valence-corrected chi connectivity index (χ3v) is 6.66. The van der Waals surface area contributed by atoms with Gasteiger partial charge in [-0.25, -0.2) is 8.42 Å². The van der Waals surface area contributed by atoms with Crippen molar-refractivity contribution < 1.29 is 17.9 Å². The van der Waals surface area contributed by atoms with E-state index in [1.54, 1.807) is 48.5 Å². The fourth-order valence-corrected chi connectivity index (χ4v) is 4.50. The molecule has 6 nitrogen and oxygen atoms in total. The van der Waals surface area contributed by atoms with E-state index in [-0.39, 0.29) is 17.3 Å². The summed E-state index contributed by atoms with van der Waals surface area (Å²) in [7, 11) is -2.10. The van der Waals surface area contributed by atoms with Crippen LogP contribution in [0.15, 0.2) is 53.4 Å². The van der Waals surface area contributed by atoms with Crippen molar-refractivity contribution >= 4 is 15.9 Å². The number of benzene rings is 2. The highest BCUT2D eigenvalue weighted by Gasteiger charge is 2.24. The molecule has 0 N–H and O–H groups in total. The van der Waals surface area contributed by atoms with Gasteiger partial charge in [-0.1, -0.05) is 18.2 Å². The van der Waals surface area contributed by atoms with Crippen LogP contribution in [0.3, 0.4) is 0 Å². The van der Waals surface area contributed by atoms with Gasteiger partial charge in [0.2, 0.25) is 10.0 Å². The van der Waals surface area contributed by atoms with E-state index in [2.05, 4.69) is 0 Å². The number of likely N-dealkylation sites (tertiary alicyclic amines) is 1. The highest BCUT2D eigenvalue weighted by atomic mass is 32.2. The van der Waals surface area contributed by atoms with Crippen LogP contribution in [0.5, 0.6) is 5.75 Å². The van der Waals surface area contributed by atoms with E-state index < -0.39 is 10.0 Å². The number of amides is 1. The minimum atomic E-state index is -3.64. The summed E-state index contributed by atoms with van der Waals surface area (Å²) in [4.78, 5) is 14.8. The lowest BCUT2D eigenvalue weighted by atomic mass is 10.1. The topological polar surface area (TPSA) is 66.9 Å². The Hall–Kier alpha value is -2.38. The van der Waals surface area contributed by atoms with Crippen molar-refractivity contribution in [3.63, 3.8) is 0 Å². The number of rotatable bonds is 7. The number of sulfonamides is 1. The molecule has 0 saturated carbocycles. The summed E-state index contributed by atoms with van der Waals surface area (Å²) >= 11 is 0. The lowest BCUT2D eigenvalue weighted by Crippen LogP contribution is -2.29. The Bertz CT molecular complexity index is 923. The number of carbonyl (C=O) groups is 1. The van der Waals surface area contributed by atoms with Crippen molar-refractivity contribution in [1.82, 2.24) is 9.21 Å². The fraction of sp³-hybridized carbons (Fsp3) is 0.381. The van der Waals surface area contributed by atoms with Crippen LogP contribution in [-0.2, 0) is 16.6 Å². The molecule has 3 rings (SSSR count). The van der Waals surface area contributed by atoms with Crippen molar-refractivity contribution in [3.8, 4) is 5.75 Å². The van der Waals surface area contributed by atoms with Gasteiger partial charge in [0.15, 0.2) is 0 Å². The molecule has 0 aromatic heterocycles. The Morgan fingerprint density at radius 3 is 2.43 bits per heavy atom. The lowest BCUT2D eigenvalue weighted by Gasteiger charge is -2.21. The van der Waals surface area contributed by atoms with Gasteiger partial charge in [0.05, 0.1) is 11.5 Å². The van der Waals surface area contributed by atoms with E-state index in [9.17, 15) is 13.2 Å². The van der Waals surface area contributed by atoms with Crippen LogP contribution in [0.2, 0.25) is 0 Å². The average Bonchev–Trinajstić information content (AvgIpc) is 3.24. The third-order valence-electron chi connectivity index (χ3n) is 4.84. The molecule has 28 heavy (non-hydrogen) atoms. The summed E-state index contributed by atoms with van der Waals surface area (Å²) in [5.74, 6) is 0.575. The molecule has 150 valence electrons. The zero-order valence-corrected chi connectivity index (χ0v) is 17.1. The highest BCUT2D eigenvalue weighted by molar-refractivity contribution is 7.89. The van der Waals surface area contributed by atoms with Crippen LogP contribution in [0.25, 0.3) is 0 Å². The van der Waals surface area contributed by atoms with Crippen molar-refractivity contribution in [1.29, 1.82) is 0 Å². The number of carbonyl (C=O) groups excluding carboxylic acids is 1. The molecule has 1 fully saturated rings. The van der Waals surface area contributed by atoms with E-state index in [1.807, 2.05) is 11.8 Å². The summed E-state index contributed by atoms with van der Waals surface area (Å²) < 4.78 is 32.6. The third kappa shape index (κ3) is 4.36. The summed E-state index contributed by atoms with van der Waals surface area (Å²) in [5, 5.41) is 0. The fourth-order valence-electron chi connectivity index (χ4n) is 3.33. The van der Waals surface area contributed by atoms with Gasteiger partial charge >= 0.3 is 0 Å². The lowest BCUT2D eigenvalue weighted by molar-refractivity contribution is 0.0792. The van der Waals surface area contributed by atoms with Crippen LogP contribution in [0, 0.1) is 0 Å². The first-order valence-corrected chi connectivity index (χ1v) is 10.9. The van der Waals surface area contributed by atoms with Crippen molar-refractivity contribution in [3.05, 3.63) is 59.7 Å². The van der Waals surface area contributed by atoms with E-state index in [0.717, 1.165) is 25.9 Å². The Kier molecular flexibility index (Phi) is 6.36. The maximum Gasteiger partial charge on any atom is 0.253 e. The monoisotopic (exact) mass is 402 g/mol. The van der Waals surface area contributed by atoms with Gasteiger partial charge in [0, 0.05) is 37.8 Å². The second kappa shape index (κ2) is 8.75. The zero-order chi connectivity index (χ0) is 20.1. The summed E-state index contributed by atoms with van der Waals surface area (Å²) in [5.41, 5.74) is 1.24. The SMILES string of the molecule is CCOc1ccc(C(=O)N2CCCC2)cc1CN(C)S(=O)(=O)c1ccccc1. The number of hydrogen-bond acceptors (Lipinski definition) is 4. The molecule has 2 aromatic rings. The van der Waals surface area contributed by atoms with Crippen LogP contribution in [0.1, 0.15) is 35.7 Å². The molecule has 0 atom stereocenters. The molecule has 7 heteroatoms. The molecule has 0 unspecified atom stereocenters. The Morgan fingerprint density at radius 1 is 1.11 bits per heavy atom. The van der Waals surface area contributed by atoms with Gasteiger partial charge in [-0.2, -0.15) is 4.31 Å². The first-order chi connectivity index (χ1) is 13.4. The number of nitrogens with zero attached hydrogens (tertiary/aromatic N) is 2.